The monoisotopic (exact) mass is 287 g/mol. The van der Waals surface area contributed by atoms with E-state index in [0.717, 1.165) is 24.3 Å². The number of aliphatic imine (C=N–C) groups is 1. The number of ether oxygens (including phenoxy) is 1. The van der Waals surface area contributed by atoms with Gasteiger partial charge in [-0.25, -0.2) is 4.99 Å². The van der Waals surface area contributed by atoms with Crippen molar-refractivity contribution in [1.82, 2.24) is 10.1 Å². The molecule has 0 radical (unpaired) electrons. The number of rotatable bonds is 5. The molecule has 1 saturated carbocycles. The zero-order valence-electron chi connectivity index (χ0n) is 11.7. The van der Waals surface area contributed by atoms with E-state index in [9.17, 15) is 0 Å². The summed E-state index contributed by atoms with van der Waals surface area (Å²) in [6.45, 7) is 0.297. The van der Waals surface area contributed by atoms with Crippen LogP contribution in [0.3, 0.4) is 0 Å². The average molecular weight is 287 g/mol. The second kappa shape index (κ2) is 5.82. The van der Waals surface area contributed by atoms with E-state index < -0.39 is 0 Å². The highest BCUT2D eigenvalue weighted by molar-refractivity contribution is 5.92. The normalized spacial score (nSPS) is 15.0. The highest BCUT2D eigenvalue weighted by Gasteiger charge is 2.29. The van der Waals surface area contributed by atoms with Gasteiger partial charge in [-0.2, -0.15) is 4.98 Å². The van der Waals surface area contributed by atoms with Gasteiger partial charge in [0.2, 0.25) is 5.89 Å². The molecule has 110 valence electrons. The van der Waals surface area contributed by atoms with Gasteiger partial charge in [0, 0.05) is 11.6 Å². The zero-order valence-corrected chi connectivity index (χ0v) is 11.7. The van der Waals surface area contributed by atoms with Crippen LogP contribution in [0.5, 0.6) is 5.75 Å². The molecular formula is C14H17N5O2. The Hall–Kier alpha value is -2.57. The largest absolute Gasteiger partial charge is 0.497 e. The van der Waals surface area contributed by atoms with Crippen LogP contribution in [0.2, 0.25) is 0 Å². The van der Waals surface area contributed by atoms with Gasteiger partial charge in [0.15, 0.2) is 11.8 Å². The number of guanidine groups is 1. The van der Waals surface area contributed by atoms with Crippen molar-refractivity contribution >= 4 is 11.6 Å². The van der Waals surface area contributed by atoms with E-state index in [2.05, 4.69) is 20.4 Å². The van der Waals surface area contributed by atoms with Crippen LogP contribution >= 0.6 is 0 Å². The van der Waals surface area contributed by atoms with Crippen molar-refractivity contribution in [1.29, 1.82) is 0 Å². The van der Waals surface area contributed by atoms with E-state index in [1.165, 1.54) is 0 Å². The van der Waals surface area contributed by atoms with Gasteiger partial charge in [-0.3, -0.25) is 0 Å². The van der Waals surface area contributed by atoms with Crippen LogP contribution in [0.25, 0.3) is 0 Å². The molecule has 0 spiro atoms. The lowest BCUT2D eigenvalue weighted by molar-refractivity contribution is 0.374. The topological polar surface area (TPSA) is 98.6 Å². The summed E-state index contributed by atoms with van der Waals surface area (Å²) >= 11 is 0. The predicted octanol–water partition coefficient (Wildman–Crippen LogP) is 1.88. The second-order valence-corrected chi connectivity index (χ2v) is 4.88. The van der Waals surface area contributed by atoms with Crippen molar-refractivity contribution in [3.8, 4) is 5.75 Å². The number of benzene rings is 1. The van der Waals surface area contributed by atoms with E-state index in [1.54, 1.807) is 7.11 Å². The minimum absolute atomic E-state index is 0.297. The van der Waals surface area contributed by atoms with Crippen LogP contribution < -0.4 is 15.8 Å². The molecule has 1 heterocycles. The smallest absolute Gasteiger partial charge is 0.229 e. The van der Waals surface area contributed by atoms with Crippen molar-refractivity contribution < 1.29 is 9.26 Å². The number of aromatic nitrogens is 2. The molecule has 1 fully saturated rings. The molecule has 21 heavy (non-hydrogen) atoms. The van der Waals surface area contributed by atoms with E-state index in [4.69, 9.17) is 15.0 Å². The number of methoxy groups -OCH3 is 1. The summed E-state index contributed by atoms with van der Waals surface area (Å²) < 4.78 is 10.2. The number of nitrogens with zero attached hydrogens (tertiary/aromatic N) is 3. The molecular weight excluding hydrogens is 270 g/mol. The third kappa shape index (κ3) is 3.50. The Morgan fingerprint density at radius 1 is 1.43 bits per heavy atom. The maximum Gasteiger partial charge on any atom is 0.229 e. The van der Waals surface area contributed by atoms with Gasteiger partial charge in [0.05, 0.1) is 7.11 Å². The molecule has 0 aliphatic heterocycles. The average Bonchev–Trinajstić information content (AvgIpc) is 3.25. The Morgan fingerprint density at radius 2 is 2.19 bits per heavy atom. The molecule has 0 amide bonds. The Bertz CT molecular complexity index is 631. The quantitative estimate of drug-likeness (QED) is 0.643. The number of hydrogen-bond acceptors (Lipinski definition) is 5. The van der Waals surface area contributed by atoms with E-state index >= 15 is 0 Å². The SMILES string of the molecule is COc1ccc(NC(N)=NCc2noc(C3CC3)n2)cc1. The fraction of sp³-hybridized carbons (Fsp3) is 0.357. The van der Waals surface area contributed by atoms with Crippen LogP contribution in [0, 0.1) is 0 Å². The molecule has 1 aliphatic carbocycles. The lowest BCUT2D eigenvalue weighted by Gasteiger charge is -2.06. The van der Waals surface area contributed by atoms with Crippen molar-refractivity contribution in [2.24, 2.45) is 10.7 Å². The maximum atomic E-state index is 5.82. The second-order valence-electron chi connectivity index (χ2n) is 4.88. The van der Waals surface area contributed by atoms with Gasteiger partial charge in [0.25, 0.3) is 0 Å². The van der Waals surface area contributed by atoms with Gasteiger partial charge in [-0.15, -0.1) is 0 Å². The molecule has 3 rings (SSSR count). The molecule has 2 aromatic rings. The Labute approximate surface area is 122 Å². The first-order valence-corrected chi connectivity index (χ1v) is 6.78. The van der Waals surface area contributed by atoms with E-state index in [1.807, 2.05) is 24.3 Å². The Balaban J connectivity index is 1.56. The third-order valence-corrected chi connectivity index (χ3v) is 3.16. The first-order valence-electron chi connectivity index (χ1n) is 6.78. The van der Waals surface area contributed by atoms with Crippen LogP contribution in [-0.2, 0) is 6.54 Å². The summed E-state index contributed by atoms with van der Waals surface area (Å²) in [6.07, 6.45) is 2.26. The summed E-state index contributed by atoms with van der Waals surface area (Å²) in [5.41, 5.74) is 6.66. The fourth-order valence-electron chi connectivity index (χ4n) is 1.85. The molecule has 1 aromatic carbocycles. The minimum Gasteiger partial charge on any atom is -0.497 e. The Kier molecular flexibility index (Phi) is 3.72. The van der Waals surface area contributed by atoms with Gasteiger partial charge < -0.3 is 20.3 Å². The van der Waals surface area contributed by atoms with Crippen molar-refractivity contribution in [2.45, 2.75) is 25.3 Å². The summed E-state index contributed by atoms with van der Waals surface area (Å²) in [7, 11) is 1.62. The number of anilines is 1. The molecule has 0 saturated heterocycles. The molecule has 0 unspecified atom stereocenters. The third-order valence-electron chi connectivity index (χ3n) is 3.16. The summed E-state index contributed by atoms with van der Waals surface area (Å²) in [5, 5.41) is 6.88. The zero-order chi connectivity index (χ0) is 14.7. The fourth-order valence-corrected chi connectivity index (χ4v) is 1.85. The molecule has 0 atom stereocenters. The molecule has 3 N–H and O–H groups in total. The van der Waals surface area contributed by atoms with Gasteiger partial charge in [0.1, 0.15) is 12.3 Å². The number of nitrogens with two attached hydrogens (primary N) is 1. The summed E-state index contributed by atoms with van der Waals surface area (Å²) in [6, 6.07) is 7.41. The predicted molar refractivity (Wildman–Crippen MR) is 78.2 cm³/mol. The van der Waals surface area contributed by atoms with Crippen LogP contribution in [0.15, 0.2) is 33.8 Å². The van der Waals surface area contributed by atoms with E-state index in [-0.39, 0.29) is 0 Å². The first-order chi connectivity index (χ1) is 10.2. The lowest BCUT2D eigenvalue weighted by atomic mass is 10.3. The van der Waals surface area contributed by atoms with Crippen LogP contribution in [-0.4, -0.2) is 23.2 Å². The van der Waals surface area contributed by atoms with Gasteiger partial charge >= 0.3 is 0 Å². The summed E-state index contributed by atoms with van der Waals surface area (Å²) in [5.74, 6) is 2.80. The standard InChI is InChI=1S/C14H17N5O2/c1-20-11-6-4-10(5-7-11)17-14(15)16-8-12-18-13(21-19-12)9-2-3-9/h4-7,9H,2-3,8H2,1H3,(H3,15,16,17). The summed E-state index contributed by atoms with van der Waals surface area (Å²) in [4.78, 5) is 8.48. The molecule has 0 bridgehead atoms. The van der Waals surface area contributed by atoms with E-state index in [0.29, 0.717) is 30.1 Å². The molecule has 7 nitrogen and oxygen atoms in total. The van der Waals surface area contributed by atoms with Crippen molar-refractivity contribution in [2.75, 3.05) is 12.4 Å². The highest BCUT2D eigenvalue weighted by Crippen LogP contribution is 2.38. The first kappa shape index (κ1) is 13.4. The maximum absolute atomic E-state index is 5.82. The van der Waals surface area contributed by atoms with Gasteiger partial charge in [-0.1, -0.05) is 5.16 Å². The van der Waals surface area contributed by atoms with Crippen molar-refractivity contribution in [3.05, 3.63) is 36.0 Å². The Morgan fingerprint density at radius 3 is 2.86 bits per heavy atom. The van der Waals surface area contributed by atoms with Crippen molar-refractivity contribution in [3.63, 3.8) is 0 Å². The molecule has 1 aromatic heterocycles. The molecule has 1 aliphatic rings. The number of nitrogens with one attached hydrogen (secondary N) is 1. The number of hydrogen-bond donors (Lipinski definition) is 2. The minimum atomic E-state index is 0.297. The van der Waals surface area contributed by atoms with Crippen LogP contribution in [0.4, 0.5) is 5.69 Å². The highest BCUT2D eigenvalue weighted by atomic mass is 16.5. The lowest BCUT2D eigenvalue weighted by Crippen LogP contribution is -2.22. The van der Waals surface area contributed by atoms with Crippen LogP contribution in [0.1, 0.15) is 30.5 Å². The molecule has 7 heteroatoms. The van der Waals surface area contributed by atoms with Gasteiger partial charge in [-0.05, 0) is 37.1 Å².